The van der Waals surface area contributed by atoms with Crippen LogP contribution in [0.3, 0.4) is 0 Å². The number of anilines is 1. The fourth-order valence-corrected chi connectivity index (χ4v) is 4.45. The van der Waals surface area contributed by atoms with Crippen molar-refractivity contribution in [3.05, 3.63) is 52.5 Å². The molecule has 3 rings (SSSR count). The van der Waals surface area contributed by atoms with Gasteiger partial charge in [-0.05, 0) is 24.3 Å². The van der Waals surface area contributed by atoms with Gasteiger partial charge in [0.05, 0.1) is 26.2 Å². The van der Waals surface area contributed by atoms with E-state index < -0.39 is 29.4 Å². The van der Waals surface area contributed by atoms with E-state index in [1.54, 1.807) is 36.4 Å². The van der Waals surface area contributed by atoms with E-state index in [1.165, 1.54) is 26.0 Å². The maximum Gasteiger partial charge on any atom is 0.257 e. The number of benzene rings is 2. The number of nitrogens with zero attached hydrogens (tertiary/aromatic N) is 2. The van der Waals surface area contributed by atoms with Crippen molar-refractivity contribution in [1.29, 1.82) is 5.26 Å². The zero-order chi connectivity index (χ0) is 27.3. The Bertz CT molecular complexity index is 1200. The van der Waals surface area contributed by atoms with Crippen molar-refractivity contribution in [3.63, 3.8) is 0 Å². The van der Waals surface area contributed by atoms with Gasteiger partial charge in [-0.15, -0.1) is 0 Å². The summed E-state index contributed by atoms with van der Waals surface area (Å²) in [5.74, 6) is -0.925. The van der Waals surface area contributed by atoms with E-state index in [0.717, 1.165) is 0 Å². The monoisotopic (exact) mass is 529 g/mol. The van der Waals surface area contributed by atoms with Crippen LogP contribution in [-0.4, -0.2) is 56.9 Å². The number of hydrogen-bond donors (Lipinski definition) is 2. The third kappa shape index (κ3) is 6.16. The number of methoxy groups -OCH3 is 2. The summed E-state index contributed by atoms with van der Waals surface area (Å²) in [6.45, 7) is 4.89. The normalized spacial score (nSPS) is 18.3. The zero-order valence-corrected chi connectivity index (χ0v) is 22.3. The van der Waals surface area contributed by atoms with Gasteiger partial charge in [0.25, 0.3) is 5.91 Å². The van der Waals surface area contributed by atoms with Crippen molar-refractivity contribution < 1.29 is 28.9 Å². The van der Waals surface area contributed by atoms with Crippen LogP contribution >= 0.6 is 11.6 Å². The molecule has 0 fully saturated rings. The van der Waals surface area contributed by atoms with Gasteiger partial charge < -0.3 is 29.5 Å². The Balaban J connectivity index is 2.28. The molecule has 2 N–H and O–H groups in total. The SMILES string of the molecule is COc1cccc([C@H]2O[C@H](C(C#N)CNC(C)=O)C(=O)N(CC(C)(C)CO)c3ccc(Cl)cc32)c1OC. The molecule has 2 amide bonds. The van der Waals surface area contributed by atoms with E-state index in [-0.39, 0.29) is 25.6 Å². The van der Waals surface area contributed by atoms with Gasteiger partial charge in [0.1, 0.15) is 6.10 Å². The van der Waals surface area contributed by atoms with Gasteiger partial charge in [-0.25, -0.2) is 0 Å². The highest BCUT2D eigenvalue weighted by Crippen LogP contribution is 2.46. The van der Waals surface area contributed by atoms with Crippen molar-refractivity contribution in [2.24, 2.45) is 11.3 Å². The average molecular weight is 530 g/mol. The van der Waals surface area contributed by atoms with Crippen LogP contribution in [0.15, 0.2) is 36.4 Å². The lowest BCUT2D eigenvalue weighted by Gasteiger charge is -2.33. The largest absolute Gasteiger partial charge is 0.493 e. The molecule has 9 nitrogen and oxygen atoms in total. The highest BCUT2D eigenvalue weighted by molar-refractivity contribution is 6.30. The molecule has 1 heterocycles. The zero-order valence-electron chi connectivity index (χ0n) is 21.6. The molecule has 1 unspecified atom stereocenters. The number of carbonyl (C=O) groups excluding carboxylic acids is 2. The summed E-state index contributed by atoms with van der Waals surface area (Å²) < 4.78 is 17.6. The molecule has 10 heteroatoms. The lowest BCUT2D eigenvalue weighted by atomic mass is 9.92. The van der Waals surface area contributed by atoms with E-state index in [1.807, 2.05) is 13.8 Å². The van der Waals surface area contributed by atoms with E-state index in [9.17, 15) is 20.0 Å². The van der Waals surface area contributed by atoms with Gasteiger partial charge in [0, 0.05) is 53.9 Å². The van der Waals surface area contributed by atoms with E-state index in [2.05, 4.69) is 11.4 Å². The second-order valence-corrected chi connectivity index (χ2v) is 10.1. The molecule has 3 atom stereocenters. The number of nitrogens with one attached hydrogen (secondary N) is 1. The van der Waals surface area contributed by atoms with Crippen molar-refractivity contribution in [2.45, 2.75) is 33.0 Å². The lowest BCUT2D eigenvalue weighted by Crippen LogP contribution is -2.49. The van der Waals surface area contributed by atoms with Crippen LogP contribution in [0.4, 0.5) is 5.69 Å². The van der Waals surface area contributed by atoms with Crippen LogP contribution in [0.2, 0.25) is 5.02 Å². The van der Waals surface area contributed by atoms with E-state index in [4.69, 9.17) is 25.8 Å². The first kappa shape index (κ1) is 28.3. The molecule has 198 valence electrons. The predicted molar refractivity (Wildman–Crippen MR) is 139 cm³/mol. The van der Waals surface area contributed by atoms with Crippen LogP contribution < -0.4 is 19.7 Å². The van der Waals surface area contributed by atoms with Crippen LogP contribution in [0.5, 0.6) is 11.5 Å². The first-order chi connectivity index (χ1) is 17.6. The predicted octanol–water partition coefficient (Wildman–Crippen LogP) is 3.47. The maximum absolute atomic E-state index is 14.1. The number of nitriles is 1. The summed E-state index contributed by atoms with van der Waals surface area (Å²) >= 11 is 6.42. The number of amides is 2. The Morgan fingerprint density at radius 1 is 1.27 bits per heavy atom. The highest BCUT2D eigenvalue weighted by Gasteiger charge is 2.43. The number of rotatable bonds is 9. The number of ether oxygens (including phenoxy) is 3. The molecular formula is C27H32ClN3O6. The minimum absolute atomic E-state index is 0.0848. The van der Waals surface area contributed by atoms with Crippen molar-refractivity contribution >= 4 is 29.1 Å². The minimum atomic E-state index is -1.25. The van der Waals surface area contributed by atoms with Crippen molar-refractivity contribution in [3.8, 4) is 17.6 Å². The fraction of sp³-hybridized carbons (Fsp3) is 0.444. The molecule has 0 saturated carbocycles. The van der Waals surface area contributed by atoms with Crippen LogP contribution in [0, 0.1) is 22.7 Å². The molecule has 0 bridgehead atoms. The summed E-state index contributed by atoms with van der Waals surface area (Å²) in [6.07, 6.45) is -2.12. The van der Waals surface area contributed by atoms with Gasteiger partial charge >= 0.3 is 0 Å². The standard InChI is InChI=1S/C27H32ClN3O6/c1-16(33)30-13-17(12-29)23-26(34)31(14-27(2,3)15-32)21-10-9-18(28)11-20(21)24(37-23)19-7-6-8-22(35-4)25(19)36-5/h6-11,17,23-24,32H,13-15H2,1-5H3,(H,30,33)/t17?,23-,24-/m1/s1. The smallest absolute Gasteiger partial charge is 0.257 e. The second kappa shape index (κ2) is 11.8. The molecule has 1 aliphatic heterocycles. The molecule has 0 spiro atoms. The van der Waals surface area contributed by atoms with E-state index >= 15 is 0 Å². The average Bonchev–Trinajstić information content (AvgIpc) is 2.98. The second-order valence-electron chi connectivity index (χ2n) is 9.64. The summed E-state index contributed by atoms with van der Waals surface area (Å²) in [4.78, 5) is 27.2. The first-order valence-electron chi connectivity index (χ1n) is 11.8. The third-order valence-electron chi connectivity index (χ3n) is 6.19. The first-order valence-corrected chi connectivity index (χ1v) is 12.2. The van der Waals surface area contributed by atoms with Crippen LogP contribution in [0.25, 0.3) is 0 Å². The molecule has 0 saturated heterocycles. The minimum Gasteiger partial charge on any atom is -0.493 e. The Morgan fingerprint density at radius 3 is 2.59 bits per heavy atom. The molecule has 0 aromatic heterocycles. The summed E-state index contributed by atoms with van der Waals surface area (Å²) in [5.41, 5.74) is 1.02. The van der Waals surface area contributed by atoms with Gasteiger partial charge in [-0.1, -0.05) is 37.6 Å². The summed E-state index contributed by atoms with van der Waals surface area (Å²) in [6, 6.07) is 12.5. The molecule has 0 radical (unpaired) electrons. The van der Waals surface area contributed by atoms with Crippen LogP contribution in [-0.2, 0) is 14.3 Å². The quantitative estimate of drug-likeness (QED) is 0.510. The number of halogens is 1. The Kier molecular flexibility index (Phi) is 9.02. The molecule has 2 aromatic rings. The number of fused-ring (bicyclic) bond motifs is 1. The topological polar surface area (TPSA) is 121 Å². The number of para-hydroxylation sites is 1. The Morgan fingerprint density at radius 2 is 2.00 bits per heavy atom. The number of aliphatic hydroxyl groups is 1. The van der Waals surface area contributed by atoms with Crippen LogP contribution in [0.1, 0.15) is 38.0 Å². The summed E-state index contributed by atoms with van der Waals surface area (Å²) in [7, 11) is 3.02. The molecule has 2 aromatic carbocycles. The molecule has 0 aliphatic carbocycles. The van der Waals surface area contributed by atoms with E-state index in [0.29, 0.717) is 33.3 Å². The fourth-order valence-electron chi connectivity index (χ4n) is 4.27. The van der Waals surface area contributed by atoms with Gasteiger partial charge in [-0.3, -0.25) is 9.59 Å². The Labute approximate surface area is 221 Å². The summed E-state index contributed by atoms with van der Waals surface area (Å²) in [5, 5.41) is 23.0. The highest BCUT2D eigenvalue weighted by atomic mass is 35.5. The van der Waals surface area contributed by atoms with Gasteiger partial charge in [0.2, 0.25) is 5.91 Å². The lowest BCUT2D eigenvalue weighted by molar-refractivity contribution is -0.135. The van der Waals surface area contributed by atoms with Gasteiger partial charge in [0.15, 0.2) is 17.6 Å². The van der Waals surface area contributed by atoms with Crippen molar-refractivity contribution in [1.82, 2.24) is 5.32 Å². The third-order valence-corrected chi connectivity index (χ3v) is 6.42. The number of carbonyl (C=O) groups is 2. The Hall–Kier alpha value is -3.32. The molecular weight excluding hydrogens is 498 g/mol. The van der Waals surface area contributed by atoms with Crippen molar-refractivity contribution in [2.75, 3.05) is 38.8 Å². The number of hydrogen-bond acceptors (Lipinski definition) is 7. The number of aliphatic hydroxyl groups excluding tert-OH is 1. The molecule has 1 aliphatic rings. The molecule has 37 heavy (non-hydrogen) atoms. The maximum atomic E-state index is 14.1. The van der Waals surface area contributed by atoms with Gasteiger partial charge in [-0.2, -0.15) is 5.26 Å².